The summed E-state index contributed by atoms with van der Waals surface area (Å²) in [5.74, 6) is -0.955. The zero-order chi connectivity index (χ0) is 26.8. The van der Waals surface area contributed by atoms with Gasteiger partial charge in [-0.05, 0) is 61.4 Å². The molecule has 2 amide bonds. The monoisotopic (exact) mass is 564 g/mol. The van der Waals surface area contributed by atoms with E-state index in [0.29, 0.717) is 41.2 Å². The second kappa shape index (κ2) is 13.5. The molecule has 0 fully saturated rings. The van der Waals surface area contributed by atoms with Gasteiger partial charge in [0.25, 0.3) is 5.91 Å². The van der Waals surface area contributed by atoms with Crippen molar-refractivity contribution in [1.29, 1.82) is 0 Å². The molecule has 0 spiro atoms. The Labute approximate surface area is 225 Å². The summed E-state index contributed by atoms with van der Waals surface area (Å²) in [4.78, 5) is 28.0. The smallest absolute Gasteiger partial charge is 0.257 e. The van der Waals surface area contributed by atoms with Crippen LogP contribution < -0.4 is 15.5 Å². The van der Waals surface area contributed by atoms with Gasteiger partial charge in [0, 0.05) is 30.4 Å². The highest BCUT2D eigenvalue weighted by Gasteiger charge is 2.18. The molecule has 37 heavy (non-hydrogen) atoms. The van der Waals surface area contributed by atoms with E-state index >= 15 is 0 Å². The number of carbonyl (C=O) groups is 2. The first-order chi connectivity index (χ1) is 17.7. The van der Waals surface area contributed by atoms with Gasteiger partial charge in [0.15, 0.2) is 0 Å². The quantitative estimate of drug-likeness (QED) is 0.138. The lowest BCUT2D eigenvalue weighted by molar-refractivity contribution is -0.129. The van der Waals surface area contributed by atoms with Gasteiger partial charge in [-0.1, -0.05) is 42.1 Å². The summed E-state index contributed by atoms with van der Waals surface area (Å²) in [5, 5.41) is 11.7. The van der Waals surface area contributed by atoms with Crippen molar-refractivity contribution < 1.29 is 23.2 Å². The van der Waals surface area contributed by atoms with Crippen LogP contribution in [0, 0.1) is 0 Å². The maximum Gasteiger partial charge on any atom is 0.257 e. The van der Waals surface area contributed by atoms with Gasteiger partial charge in [0.1, 0.15) is 0 Å². The molecule has 1 aromatic heterocycles. The average Bonchev–Trinajstić information content (AvgIpc) is 2.89. The topological polar surface area (TPSA) is 137 Å². The maximum absolute atomic E-state index is 12.8. The van der Waals surface area contributed by atoms with Crippen LogP contribution in [-0.4, -0.2) is 37.0 Å². The Morgan fingerprint density at radius 1 is 0.919 bits per heavy atom. The highest BCUT2D eigenvalue weighted by Crippen LogP contribution is 2.30. The maximum atomic E-state index is 12.8. The van der Waals surface area contributed by atoms with E-state index in [9.17, 15) is 18.0 Å². The lowest BCUT2D eigenvalue weighted by atomic mass is 10.1. The lowest BCUT2D eigenvalue weighted by Gasteiger charge is -2.11. The number of sulfonamides is 1. The number of aromatic nitrogens is 1. The van der Waals surface area contributed by atoms with E-state index in [-0.39, 0.29) is 28.4 Å². The fraction of sp³-hybridized carbons (Fsp3) is 0.240. The van der Waals surface area contributed by atoms with Gasteiger partial charge in [-0.3, -0.25) is 19.8 Å². The van der Waals surface area contributed by atoms with E-state index in [1.165, 1.54) is 18.2 Å². The number of carbonyl (C=O) groups excluding carboxylic acids is 2. The number of anilines is 1. The summed E-state index contributed by atoms with van der Waals surface area (Å²) in [7, 11) is -3.82. The van der Waals surface area contributed by atoms with E-state index in [4.69, 9.17) is 28.4 Å². The van der Waals surface area contributed by atoms with Crippen LogP contribution in [0.25, 0.3) is 11.3 Å². The minimum Gasteiger partial charge on any atom is -0.322 e. The molecule has 0 bridgehead atoms. The van der Waals surface area contributed by atoms with Crippen molar-refractivity contribution in [1.82, 2.24) is 15.2 Å². The van der Waals surface area contributed by atoms with Crippen LogP contribution in [0.15, 0.2) is 65.7 Å². The number of hydrogen-bond acceptors (Lipinski definition) is 6. The van der Waals surface area contributed by atoms with Crippen molar-refractivity contribution in [2.45, 2.75) is 37.0 Å². The van der Waals surface area contributed by atoms with Crippen LogP contribution in [0.2, 0.25) is 10.0 Å². The van der Waals surface area contributed by atoms with Crippen molar-refractivity contribution in [2.75, 3.05) is 11.9 Å². The Kier molecular flexibility index (Phi) is 10.4. The van der Waals surface area contributed by atoms with Gasteiger partial charge in [-0.25, -0.2) is 18.6 Å². The molecule has 4 N–H and O–H groups in total. The number of halogens is 2. The first kappa shape index (κ1) is 28.5. The largest absolute Gasteiger partial charge is 0.322 e. The van der Waals surface area contributed by atoms with Gasteiger partial charge in [-0.15, -0.1) is 0 Å². The van der Waals surface area contributed by atoms with Crippen molar-refractivity contribution >= 4 is 50.7 Å². The highest BCUT2D eigenvalue weighted by atomic mass is 35.5. The summed E-state index contributed by atoms with van der Waals surface area (Å²) < 4.78 is 27.7. The number of pyridine rings is 1. The Hall–Kier alpha value is -3.02. The summed E-state index contributed by atoms with van der Waals surface area (Å²) in [6, 6.07) is 14.3. The molecule has 3 rings (SSSR count). The fourth-order valence-corrected chi connectivity index (χ4v) is 5.12. The van der Waals surface area contributed by atoms with Crippen molar-refractivity contribution in [2.24, 2.45) is 0 Å². The predicted octanol–water partition coefficient (Wildman–Crippen LogP) is 5.04. The second-order valence-corrected chi connectivity index (χ2v) is 10.7. The summed E-state index contributed by atoms with van der Waals surface area (Å²) in [6.07, 6.45) is 4.47. The van der Waals surface area contributed by atoms with Crippen molar-refractivity contribution in [3.63, 3.8) is 0 Å². The minimum absolute atomic E-state index is 0.0125. The third kappa shape index (κ3) is 8.24. The van der Waals surface area contributed by atoms with Gasteiger partial charge in [0.2, 0.25) is 15.9 Å². The molecule has 0 aliphatic heterocycles. The van der Waals surface area contributed by atoms with Crippen molar-refractivity contribution in [3.8, 4) is 11.3 Å². The molecular formula is C25H26Cl2N4O5S. The van der Waals surface area contributed by atoms with Gasteiger partial charge in [0.05, 0.1) is 26.2 Å². The van der Waals surface area contributed by atoms with Crippen LogP contribution >= 0.6 is 23.2 Å². The van der Waals surface area contributed by atoms with E-state index in [1.54, 1.807) is 42.0 Å². The molecule has 0 unspecified atom stereocenters. The number of rotatable bonds is 12. The molecule has 0 atom stereocenters. The average molecular weight is 565 g/mol. The molecule has 12 heteroatoms. The first-order valence-corrected chi connectivity index (χ1v) is 13.7. The number of amides is 2. The van der Waals surface area contributed by atoms with Crippen molar-refractivity contribution in [3.05, 3.63) is 76.4 Å². The fourth-order valence-electron chi connectivity index (χ4n) is 3.48. The van der Waals surface area contributed by atoms with E-state index in [2.05, 4.69) is 15.0 Å². The van der Waals surface area contributed by atoms with Gasteiger partial charge >= 0.3 is 0 Å². The zero-order valence-electron chi connectivity index (χ0n) is 19.7. The highest BCUT2D eigenvalue weighted by molar-refractivity contribution is 7.89. The number of nitrogens with zero attached hydrogens (tertiary/aromatic N) is 1. The number of hydrogen-bond donors (Lipinski definition) is 4. The van der Waals surface area contributed by atoms with Crippen LogP contribution in [0.4, 0.5) is 5.69 Å². The molecule has 1 heterocycles. The Bertz CT molecular complexity index is 1350. The lowest BCUT2D eigenvalue weighted by Crippen LogP contribution is -2.25. The second-order valence-electron chi connectivity index (χ2n) is 8.10. The Morgan fingerprint density at radius 3 is 2.41 bits per heavy atom. The van der Waals surface area contributed by atoms with E-state index in [0.717, 1.165) is 6.42 Å². The van der Waals surface area contributed by atoms with E-state index in [1.807, 2.05) is 6.07 Å². The van der Waals surface area contributed by atoms with Gasteiger partial charge < -0.3 is 5.32 Å². The molecule has 9 nitrogen and oxygen atoms in total. The normalized spacial score (nSPS) is 11.2. The molecule has 0 saturated carbocycles. The molecule has 196 valence electrons. The molecule has 0 saturated heterocycles. The molecule has 0 radical (unpaired) electrons. The summed E-state index contributed by atoms with van der Waals surface area (Å²) in [6.45, 7) is 0.212. The molecule has 3 aromatic rings. The Morgan fingerprint density at radius 2 is 1.70 bits per heavy atom. The van der Waals surface area contributed by atoms with Gasteiger partial charge in [-0.2, -0.15) is 0 Å². The van der Waals surface area contributed by atoms with Crippen LogP contribution in [0.1, 0.15) is 42.5 Å². The molecular weight excluding hydrogens is 539 g/mol. The standard InChI is InChI=1S/C25H26Cl2N4O5S/c26-21-12-9-17(15-20(21)23-7-4-6-13-28-23)30-25(33)19-11-10-18(16-22(19)27)37(35,36)29-14-5-2-1-3-8-24(32)31-34/h4,6-7,9-13,15-16,29,34H,1-3,5,8,14H2,(H,30,33)(H,31,32). The van der Waals surface area contributed by atoms with E-state index < -0.39 is 21.8 Å². The van der Waals surface area contributed by atoms with Crippen LogP contribution in [-0.2, 0) is 14.8 Å². The minimum atomic E-state index is -3.82. The third-order valence-corrected chi connectivity index (χ3v) is 7.51. The summed E-state index contributed by atoms with van der Waals surface area (Å²) >= 11 is 12.6. The SMILES string of the molecule is O=C(CCCCCCNS(=O)(=O)c1ccc(C(=O)Nc2ccc(Cl)c(-c3ccccn3)c2)c(Cl)c1)NO. The Balaban J connectivity index is 1.59. The third-order valence-electron chi connectivity index (χ3n) is 5.41. The molecule has 2 aromatic carbocycles. The summed E-state index contributed by atoms with van der Waals surface area (Å²) in [5.41, 5.74) is 3.45. The first-order valence-electron chi connectivity index (χ1n) is 11.5. The number of benzene rings is 2. The number of nitrogens with one attached hydrogen (secondary N) is 3. The molecule has 0 aliphatic carbocycles. The van der Waals surface area contributed by atoms with Crippen LogP contribution in [0.3, 0.4) is 0 Å². The zero-order valence-corrected chi connectivity index (χ0v) is 22.0. The number of unbranched alkanes of at least 4 members (excludes halogenated alkanes) is 3. The predicted molar refractivity (Wildman–Crippen MR) is 142 cm³/mol. The number of hydroxylamine groups is 1. The molecule has 0 aliphatic rings. The van der Waals surface area contributed by atoms with Crippen LogP contribution in [0.5, 0.6) is 0 Å².